The van der Waals surface area contributed by atoms with Gasteiger partial charge in [-0.1, -0.05) is 0 Å². The van der Waals surface area contributed by atoms with Crippen LogP contribution in [0.5, 0.6) is 0 Å². The van der Waals surface area contributed by atoms with E-state index in [4.69, 9.17) is 5.11 Å². The summed E-state index contributed by atoms with van der Waals surface area (Å²) in [5, 5.41) is 8.57. The van der Waals surface area contributed by atoms with Gasteiger partial charge in [0.1, 0.15) is 4.90 Å². The van der Waals surface area contributed by atoms with E-state index in [9.17, 15) is 8.42 Å². The zero-order chi connectivity index (χ0) is 12.6. The average molecular weight is 276 g/mol. The Hall–Kier alpha value is -0.630. The SMILES string of the molecule is O=S(=O)(NCCSCCCO)c1cccnc1. The Balaban J connectivity index is 2.31. The van der Waals surface area contributed by atoms with Gasteiger partial charge in [0.05, 0.1) is 0 Å². The molecule has 1 aromatic heterocycles. The summed E-state index contributed by atoms with van der Waals surface area (Å²) in [6.07, 6.45) is 3.59. The molecule has 0 unspecified atom stereocenters. The molecule has 0 amide bonds. The number of rotatable bonds is 8. The second-order valence-corrected chi connectivity index (χ2v) is 6.27. The van der Waals surface area contributed by atoms with Crippen LogP contribution in [0.2, 0.25) is 0 Å². The maximum atomic E-state index is 11.7. The van der Waals surface area contributed by atoms with Gasteiger partial charge in [0, 0.05) is 31.3 Å². The summed E-state index contributed by atoms with van der Waals surface area (Å²) >= 11 is 1.61. The highest BCUT2D eigenvalue weighted by atomic mass is 32.2. The van der Waals surface area contributed by atoms with Gasteiger partial charge in [-0.2, -0.15) is 11.8 Å². The van der Waals surface area contributed by atoms with Crippen LogP contribution in [0, 0.1) is 0 Å². The molecule has 0 saturated carbocycles. The number of aliphatic hydroxyl groups is 1. The van der Waals surface area contributed by atoms with E-state index >= 15 is 0 Å². The minimum Gasteiger partial charge on any atom is -0.396 e. The van der Waals surface area contributed by atoms with Gasteiger partial charge in [-0.05, 0) is 24.3 Å². The van der Waals surface area contributed by atoms with Crippen molar-refractivity contribution in [3.8, 4) is 0 Å². The van der Waals surface area contributed by atoms with E-state index in [1.165, 1.54) is 18.5 Å². The van der Waals surface area contributed by atoms with Crippen LogP contribution in [0.25, 0.3) is 0 Å². The Morgan fingerprint density at radius 3 is 2.88 bits per heavy atom. The smallest absolute Gasteiger partial charge is 0.242 e. The predicted molar refractivity (Wildman–Crippen MR) is 68.5 cm³/mol. The molecule has 0 aliphatic heterocycles. The minimum atomic E-state index is -3.43. The highest BCUT2D eigenvalue weighted by Gasteiger charge is 2.12. The minimum absolute atomic E-state index is 0.175. The quantitative estimate of drug-likeness (QED) is 0.675. The summed E-state index contributed by atoms with van der Waals surface area (Å²) in [5.41, 5.74) is 0. The van der Waals surface area contributed by atoms with Gasteiger partial charge in [-0.15, -0.1) is 0 Å². The molecule has 0 radical (unpaired) electrons. The Kier molecular flexibility index (Phi) is 6.49. The van der Waals surface area contributed by atoms with Crippen molar-refractivity contribution in [2.24, 2.45) is 0 Å². The van der Waals surface area contributed by atoms with Gasteiger partial charge in [-0.25, -0.2) is 13.1 Å². The maximum absolute atomic E-state index is 11.7. The Morgan fingerprint density at radius 1 is 1.41 bits per heavy atom. The van der Waals surface area contributed by atoms with Crippen LogP contribution >= 0.6 is 11.8 Å². The van der Waals surface area contributed by atoms with Crippen LogP contribution in [0.3, 0.4) is 0 Å². The molecule has 1 heterocycles. The van der Waals surface area contributed by atoms with Gasteiger partial charge < -0.3 is 5.11 Å². The van der Waals surface area contributed by atoms with Crippen molar-refractivity contribution in [3.63, 3.8) is 0 Å². The number of aromatic nitrogens is 1. The van der Waals surface area contributed by atoms with Crippen molar-refractivity contribution in [2.45, 2.75) is 11.3 Å². The predicted octanol–water partition coefficient (Wildman–Crippen LogP) is 0.475. The molecule has 0 bridgehead atoms. The summed E-state index contributed by atoms with van der Waals surface area (Å²) in [5.74, 6) is 1.53. The first-order valence-electron chi connectivity index (χ1n) is 5.25. The van der Waals surface area contributed by atoms with Crippen LogP contribution in [0.4, 0.5) is 0 Å². The third-order valence-electron chi connectivity index (χ3n) is 1.93. The van der Waals surface area contributed by atoms with E-state index in [-0.39, 0.29) is 11.5 Å². The molecule has 7 heteroatoms. The number of hydrogen-bond donors (Lipinski definition) is 2. The molecule has 0 fully saturated rings. The normalized spacial score (nSPS) is 11.6. The van der Waals surface area contributed by atoms with Crippen LogP contribution in [-0.4, -0.2) is 43.2 Å². The Labute approximate surface area is 106 Å². The Bertz CT molecular complexity index is 409. The standard InChI is InChI=1S/C10H16N2O3S2/c13-6-2-7-16-8-5-12-17(14,15)10-3-1-4-11-9-10/h1,3-4,9,12-13H,2,5-8H2. The number of hydrogen-bond acceptors (Lipinski definition) is 5. The molecule has 0 spiro atoms. The highest BCUT2D eigenvalue weighted by Crippen LogP contribution is 2.06. The summed E-state index contributed by atoms with van der Waals surface area (Å²) in [6, 6.07) is 3.10. The van der Waals surface area contributed by atoms with Gasteiger partial charge in [-0.3, -0.25) is 4.98 Å². The molecule has 96 valence electrons. The monoisotopic (exact) mass is 276 g/mol. The number of aliphatic hydroxyl groups excluding tert-OH is 1. The van der Waals surface area contributed by atoms with Crippen LogP contribution in [-0.2, 0) is 10.0 Å². The van der Waals surface area contributed by atoms with Crippen LogP contribution < -0.4 is 4.72 Å². The fourth-order valence-electron chi connectivity index (χ4n) is 1.11. The molecule has 2 N–H and O–H groups in total. The number of pyridine rings is 1. The van der Waals surface area contributed by atoms with Crippen LogP contribution in [0.1, 0.15) is 6.42 Å². The van der Waals surface area contributed by atoms with Crippen molar-refractivity contribution < 1.29 is 13.5 Å². The molecule has 0 aliphatic carbocycles. The van der Waals surface area contributed by atoms with E-state index in [1.54, 1.807) is 17.8 Å². The second-order valence-electron chi connectivity index (χ2n) is 3.28. The lowest BCUT2D eigenvalue weighted by atomic mass is 10.5. The maximum Gasteiger partial charge on any atom is 0.242 e. The first-order valence-corrected chi connectivity index (χ1v) is 7.89. The summed E-state index contributed by atoms with van der Waals surface area (Å²) < 4.78 is 25.9. The van der Waals surface area contributed by atoms with Gasteiger partial charge in [0.25, 0.3) is 0 Å². The van der Waals surface area contributed by atoms with Crippen molar-refractivity contribution in [2.75, 3.05) is 24.7 Å². The molecule has 0 aliphatic rings. The van der Waals surface area contributed by atoms with E-state index in [0.717, 1.165) is 12.2 Å². The van der Waals surface area contributed by atoms with Crippen molar-refractivity contribution in [1.29, 1.82) is 0 Å². The third kappa shape index (κ3) is 5.49. The zero-order valence-electron chi connectivity index (χ0n) is 9.37. The largest absolute Gasteiger partial charge is 0.396 e. The average Bonchev–Trinajstić information content (AvgIpc) is 2.35. The van der Waals surface area contributed by atoms with Crippen molar-refractivity contribution in [3.05, 3.63) is 24.5 Å². The van der Waals surface area contributed by atoms with Crippen LogP contribution in [0.15, 0.2) is 29.4 Å². The third-order valence-corrected chi connectivity index (χ3v) is 4.45. The lowest BCUT2D eigenvalue weighted by Crippen LogP contribution is -2.26. The van der Waals surface area contributed by atoms with Gasteiger partial charge in [0.15, 0.2) is 0 Å². The lowest BCUT2D eigenvalue weighted by Gasteiger charge is -2.05. The molecule has 1 rings (SSSR count). The number of thioether (sulfide) groups is 1. The van der Waals surface area contributed by atoms with Gasteiger partial charge >= 0.3 is 0 Å². The Morgan fingerprint density at radius 2 is 2.24 bits per heavy atom. The number of nitrogens with zero attached hydrogens (tertiary/aromatic N) is 1. The van der Waals surface area contributed by atoms with Crippen molar-refractivity contribution in [1.82, 2.24) is 9.71 Å². The number of sulfonamides is 1. The molecule has 17 heavy (non-hydrogen) atoms. The highest BCUT2D eigenvalue weighted by molar-refractivity contribution is 7.99. The molecule has 0 aromatic carbocycles. The summed E-state index contributed by atoms with van der Waals surface area (Å²) in [4.78, 5) is 3.95. The topological polar surface area (TPSA) is 79.3 Å². The molecule has 5 nitrogen and oxygen atoms in total. The fraction of sp³-hybridized carbons (Fsp3) is 0.500. The van der Waals surface area contributed by atoms with E-state index in [0.29, 0.717) is 12.3 Å². The van der Waals surface area contributed by atoms with E-state index in [2.05, 4.69) is 9.71 Å². The second kappa shape index (κ2) is 7.65. The first kappa shape index (κ1) is 14.4. The van der Waals surface area contributed by atoms with E-state index in [1.807, 2.05) is 0 Å². The number of nitrogens with one attached hydrogen (secondary N) is 1. The first-order chi connectivity index (χ1) is 8.17. The van der Waals surface area contributed by atoms with E-state index < -0.39 is 10.0 Å². The lowest BCUT2D eigenvalue weighted by molar-refractivity contribution is 0.296. The summed E-state index contributed by atoms with van der Waals surface area (Å²) in [7, 11) is -3.43. The van der Waals surface area contributed by atoms with Gasteiger partial charge in [0.2, 0.25) is 10.0 Å². The fourth-order valence-corrected chi connectivity index (χ4v) is 3.01. The zero-order valence-corrected chi connectivity index (χ0v) is 11.0. The molecule has 1 aromatic rings. The summed E-state index contributed by atoms with van der Waals surface area (Å²) in [6.45, 7) is 0.557. The molecular weight excluding hydrogens is 260 g/mol. The van der Waals surface area contributed by atoms with Crippen molar-refractivity contribution >= 4 is 21.8 Å². The molecule has 0 saturated heterocycles. The molecule has 0 atom stereocenters. The molecular formula is C10H16N2O3S2.